The van der Waals surface area contributed by atoms with Crippen molar-refractivity contribution in [2.75, 3.05) is 16.6 Å². The summed E-state index contributed by atoms with van der Waals surface area (Å²) in [5, 5.41) is 11.4. The van der Waals surface area contributed by atoms with Crippen molar-refractivity contribution in [3.05, 3.63) is 59.8 Å². The van der Waals surface area contributed by atoms with Gasteiger partial charge in [-0.1, -0.05) is 24.3 Å². The Labute approximate surface area is 182 Å². The number of hydrogen-bond acceptors (Lipinski definition) is 4. The molecule has 0 bridgehead atoms. The van der Waals surface area contributed by atoms with Crippen LogP contribution in [0.25, 0.3) is 5.73 Å². The summed E-state index contributed by atoms with van der Waals surface area (Å²) >= 11 is 0. The number of hydrogen-bond donors (Lipinski definition) is 3. The molecule has 0 spiro atoms. The molecule has 7 nitrogen and oxygen atoms in total. The molecule has 1 radical (unpaired) electrons. The molecule has 0 aromatic heterocycles. The van der Waals surface area contributed by atoms with E-state index in [2.05, 4.69) is 10.0 Å². The molecule has 0 aliphatic carbocycles. The minimum absolute atomic E-state index is 0. The van der Waals surface area contributed by atoms with Crippen molar-refractivity contribution in [3.8, 4) is 0 Å². The maximum Gasteiger partial charge on any atom is 0.261 e. The summed E-state index contributed by atoms with van der Waals surface area (Å²) in [4.78, 5) is 11.8. The Hall–Kier alpha value is -0.978. The van der Waals surface area contributed by atoms with Gasteiger partial charge in [0.15, 0.2) is 0 Å². The van der Waals surface area contributed by atoms with E-state index in [1.807, 2.05) is 0 Å². The van der Waals surface area contributed by atoms with Crippen molar-refractivity contribution in [2.24, 2.45) is 0 Å². The number of anilines is 2. The second-order valence-electron chi connectivity index (χ2n) is 5.17. The molecule has 9 heteroatoms. The molecular formula is C16H18AcN3O4S-. The van der Waals surface area contributed by atoms with Crippen LogP contribution in [0.5, 0.6) is 0 Å². The van der Waals surface area contributed by atoms with Crippen LogP contribution in [0.1, 0.15) is 5.56 Å². The van der Waals surface area contributed by atoms with Crippen LogP contribution in [0.15, 0.2) is 53.4 Å². The number of aliphatic hydroxyl groups is 1. The van der Waals surface area contributed by atoms with Gasteiger partial charge in [-0.25, -0.2) is 8.42 Å². The molecule has 2 aromatic rings. The van der Waals surface area contributed by atoms with Crippen molar-refractivity contribution in [1.29, 1.82) is 0 Å². The number of benzene rings is 2. The number of aryl methyl sites for hydroxylation is 1. The van der Waals surface area contributed by atoms with Gasteiger partial charge < -0.3 is 16.2 Å². The van der Waals surface area contributed by atoms with Crippen LogP contribution in [0, 0.1) is 51.0 Å². The first-order valence-corrected chi connectivity index (χ1v) is 8.63. The van der Waals surface area contributed by atoms with Crippen LogP contribution in [0.2, 0.25) is 0 Å². The van der Waals surface area contributed by atoms with E-state index >= 15 is 0 Å². The topological polar surface area (TPSA) is 119 Å². The molecule has 131 valence electrons. The molecule has 0 saturated carbocycles. The van der Waals surface area contributed by atoms with Gasteiger partial charge in [0.1, 0.15) is 0 Å². The van der Waals surface area contributed by atoms with Crippen molar-refractivity contribution in [2.45, 2.75) is 17.9 Å². The molecule has 25 heavy (non-hydrogen) atoms. The maximum absolute atomic E-state index is 12.3. The van der Waals surface area contributed by atoms with Crippen LogP contribution in [-0.2, 0) is 14.8 Å². The predicted molar refractivity (Wildman–Crippen MR) is 92.3 cm³/mol. The number of carbonyl (C=O) groups is 1. The van der Waals surface area contributed by atoms with Crippen molar-refractivity contribution < 1.29 is 62.4 Å². The predicted octanol–water partition coefficient (Wildman–Crippen LogP) is 2.15. The van der Waals surface area contributed by atoms with E-state index in [-0.39, 0.29) is 54.6 Å². The van der Waals surface area contributed by atoms with E-state index in [0.717, 1.165) is 0 Å². The Balaban J connectivity index is 0.00000312. The average molecular weight is 575 g/mol. The fourth-order valence-electron chi connectivity index (χ4n) is 1.94. The number of carbonyl (C=O) groups excluding carboxylic acids is 1. The zero-order valence-electron chi connectivity index (χ0n) is 13.6. The van der Waals surface area contributed by atoms with Gasteiger partial charge >= 0.3 is 0 Å². The van der Waals surface area contributed by atoms with E-state index in [9.17, 15) is 13.2 Å². The Morgan fingerprint density at radius 2 is 1.84 bits per heavy atom. The molecule has 0 aliphatic heterocycles. The monoisotopic (exact) mass is 575 g/mol. The third-order valence-electron chi connectivity index (χ3n) is 3.30. The van der Waals surface area contributed by atoms with E-state index in [0.29, 0.717) is 11.3 Å². The first kappa shape index (κ1) is 22.1. The Bertz CT molecular complexity index is 829. The summed E-state index contributed by atoms with van der Waals surface area (Å²) < 4.78 is 27.1. The minimum atomic E-state index is -3.73. The maximum atomic E-state index is 12.3. The number of sulfonamides is 1. The molecule has 0 aliphatic rings. The molecule has 0 fully saturated rings. The molecule has 2 rings (SSSR count). The van der Waals surface area contributed by atoms with Gasteiger partial charge in [-0.05, 0) is 42.8 Å². The normalized spacial score (nSPS) is 12.0. The first-order chi connectivity index (χ1) is 11.3. The summed E-state index contributed by atoms with van der Waals surface area (Å²) in [5.74, 6) is -0.663. The second kappa shape index (κ2) is 9.65. The summed E-state index contributed by atoms with van der Waals surface area (Å²) in [7, 11) is -3.73. The van der Waals surface area contributed by atoms with Gasteiger partial charge in [-0.3, -0.25) is 9.52 Å². The Morgan fingerprint density at radius 1 is 1.20 bits per heavy atom. The smallest absolute Gasteiger partial charge is 0.261 e. The summed E-state index contributed by atoms with van der Waals surface area (Å²) in [5.41, 5.74) is 8.74. The quantitative estimate of drug-likeness (QED) is 0.489. The molecule has 0 heterocycles. The van der Waals surface area contributed by atoms with Crippen molar-refractivity contribution in [1.82, 2.24) is 0 Å². The zero-order chi connectivity index (χ0) is 17.7. The molecule has 0 unspecified atom stereocenters. The van der Waals surface area contributed by atoms with Crippen LogP contribution >= 0.6 is 0 Å². The van der Waals surface area contributed by atoms with Gasteiger partial charge in [0.05, 0.1) is 10.6 Å². The van der Waals surface area contributed by atoms with Crippen LogP contribution in [0.3, 0.4) is 0 Å². The Morgan fingerprint density at radius 3 is 2.44 bits per heavy atom. The van der Waals surface area contributed by atoms with Gasteiger partial charge in [-0.2, -0.15) is 0 Å². The standard InChI is InChI=1S/C16H18N3O4S.Ac/c1-11-7-8-12(9-15(11)18-16(21)14(17)10-20)19-24(22,23)13-5-3-2-4-6-13;/h2-9,14,17,19-20H,10H2,1H3,(H,18,21);/q-1;/t14-;/m0./s1. The molecule has 2 aromatic carbocycles. The largest absolute Gasteiger partial charge is 0.665 e. The molecule has 1 amide bonds. The second-order valence-corrected chi connectivity index (χ2v) is 6.86. The van der Waals surface area contributed by atoms with Crippen molar-refractivity contribution in [3.63, 3.8) is 0 Å². The fraction of sp³-hybridized carbons (Fsp3) is 0.188. The number of amides is 1. The van der Waals surface area contributed by atoms with Crippen LogP contribution in [-0.4, -0.2) is 32.1 Å². The SMILES string of the molecule is Cc1ccc(NS(=O)(=O)c2ccccc2)cc1NC(=O)[C@@H]([NH-])CO.[Ac]. The fourth-order valence-corrected chi connectivity index (χ4v) is 3.01. The molecular weight excluding hydrogens is 557 g/mol. The van der Waals surface area contributed by atoms with E-state index in [4.69, 9.17) is 10.8 Å². The Kier molecular flexibility index (Phi) is 8.51. The number of rotatable bonds is 6. The summed E-state index contributed by atoms with van der Waals surface area (Å²) in [6.45, 7) is 1.15. The molecule has 4 N–H and O–H groups in total. The van der Waals surface area contributed by atoms with Gasteiger partial charge in [0.2, 0.25) is 5.91 Å². The summed E-state index contributed by atoms with van der Waals surface area (Å²) in [6.07, 6.45) is 0. The van der Waals surface area contributed by atoms with Crippen LogP contribution < -0.4 is 10.0 Å². The van der Waals surface area contributed by atoms with E-state index in [1.54, 1.807) is 37.3 Å². The molecule has 1 atom stereocenters. The third kappa shape index (κ3) is 6.05. The van der Waals surface area contributed by atoms with Gasteiger partial charge in [0, 0.05) is 56.4 Å². The third-order valence-corrected chi connectivity index (χ3v) is 4.70. The average Bonchev–Trinajstić information content (AvgIpc) is 2.57. The summed E-state index contributed by atoms with van der Waals surface area (Å²) in [6, 6.07) is 11.3. The van der Waals surface area contributed by atoms with Crippen LogP contribution in [0.4, 0.5) is 11.4 Å². The molecule has 0 saturated heterocycles. The zero-order valence-corrected chi connectivity index (χ0v) is 19.1. The number of aliphatic hydroxyl groups excluding tert-OH is 1. The first-order valence-electron chi connectivity index (χ1n) is 7.15. The van der Waals surface area contributed by atoms with E-state index < -0.39 is 28.6 Å². The van der Waals surface area contributed by atoms with E-state index in [1.165, 1.54) is 18.2 Å². The van der Waals surface area contributed by atoms with Gasteiger partial charge in [0.25, 0.3) is 10.0 Å². The van der Waals surface area contributed by atoms with Gasteiger partial charge in [-0.15, -0.1) is 0 Å². The van der Waals surface area contributed by atoms with Crippen molar-refractivity contribution >= 4 is 27.3 Å². The minimum Gasteiger partial charge on any atom is -0.665 e. The number of nitrogens with one attached hydrogen (secondary N) is 3.